The van der Waals surface area contributed by atoms with E-state index in [-0.39, 0.29) is 6.61 Å². The largest absolute Gasteiger partial charge is 0.388 e. The Morgan fingerprint density at radius 2 is 1.71 bits per heavy atom. The third-order valence-corrected chi connectivity index (χ3v) is 2.27. The molecule has 0 radical (unpaired) electrons. The average Bonchev–Trinajstić information content (AvgIpc) is 2.19. The first-order valence-corrected chi connectivity index (χ1v) is 4.33. The van der Waals surface area contributed by atoms with Crippen LogP contribution in [0.4, 0.5) is 0 Å². The summed E-state index contributed by atoms with van der Waals surface area (Å²) in [5.41, 5.74) is 0. The van der Waals surface area contributed by atoms with Gasteiger partial charge in [0.25, 0.3) is 0 Å². The van der Waals surface area contributed by atoms with Crippen molar-refractivity contribution in [1.29, 1.82) is 0 Å². The van der Waals surface area contributed by atoms with E-state index in [0.29, 0.717) is 0 Å². The molecule has 14 heavy (non-hydrogen) atoms. The molecule has 1 aliphatic heterocycles. The number of hydrogen-bond acceptors (Lipinski definition) is 6. The van der Waals surface area contributed by atoms with Crippen molar-refractivity contribution in [3.05, 3.63) is 0 Å². The number of aliphatic hydroxyl groups excluding tert-OH is 3. The summed E-state index contributed by atoms with van der Waals surface area (Å²) >= 11 is 0. The van der Waals surface area contributed by atoms with E-state index in [1.807, 2.05) is 0 Å². The minimum atomic E-state index is -1.23. The highest BCUT2D eigenvalue weighted by atomic mass is 16.7. The Morgan fingerprint density at radius 3 is 2.21 bits per heavy atom. The summed E-state index contributed by atoms with van der Waals surface area (Å²) in [5, 5.41) is 28.1. The standard InChI is InChI=1S/C8H16O6/c1-12-8(13-2)7-6(11)5(10)4(9)3-14-7/h4-11H,3H2,1-2H3/t4-,5-,6+,7+/m0/s1. The van der Waals surface area contributed by atoms with Crippen molar-refractivity contribution in [3.63, 3.8) is 0 Å². The summed E-state index contributed by atoms with van der Waals surface area (Å²) in [6.07, 6.45) is -5.07. The lowest BCUT2D eigenvalue weighted by molar-refractivity contribution is -0.260. The van der Waals surface area contributed by atoms with Crippen LogP contribution in [0, 0.1) is 0 Å². The molecule has 0 aliphatic carbocycles. The summed E-state index contributed by atoms with van der Waals surface area (Å²) in [6, 6.07) is 0. The monoisotopic (exact) mass is 208 g/mol. The van der Waals surface area contributed by atoms with E-state index >= 15 is 0 Å². The summed E-state index contributed by atoms with van der Waals surface area (Å²) in [6.45, 7) is -0.0495. The Balaban J connectivity index is 2.62. The number of hydrogen-bond donors (Lipinski definition) is 3. The van der Waals surface area contributed by atoms with E-state index in [4.69, 9.17) is 14.2 Å². The predicted octanol–water partition coefficient (Wildman–Crippen LogP) is -1.91. The van der Waals surface area contributed by atoms with E-state index in [2.05, 4.69) is 0 Å². The molecular formula is C8H16O6. The third-order valence-electron chi connectivity index (χ3n) is 2.27. The molecular weight excluding hydrogens is 192 g/mol. The van der Waals surface area contributed by atoms with Crippen LogP contribution in [0.3, 0.4) is 0 Å². The molecule has 0 aromatic rings. The molecule has 0 aromatic carbocycles. The van der Waals surface area contributed by atoms with Crippen LogP contribution in [0.15, 0.2) is 0 Å². The van der Waals surface area contributed by atoms with Crippen LogP contribution in [-0.2, 0) is 14.2 Å². The normalized spacial score (nSPS) is 39.0. The molecule has 1 heterocycles. The van der Waals surface area contributed by atoms with Gasteiger partial charge in [-0.1, -0.05) is 0 Å². The van der Waals surface area contributed by atoms with E-state index in [9.17, 15) is 15.3 Å². The molecule has 0 saturated carbocycles. The molecule has 1 rings (SSSR count). The van der Waals surface area contributed by atoms with Crippen molar-refractivity contribution < 1.29 is 29.5 Å². The van der Waals surface area contributed by atoms with Crippen molar-refractivity contribution in [2.24, 2.45) is 0 Å². The first-order valence-electron chi connectivity index (χ1n) is 4.33. The van der Waals surface area contributed by atoms with Gasteiger partial charge in [0, 0.05) is 14.2 Å². The summed E-state index contributed by atoms with van der Waals surface area (Å²) in [4.78, 5) is 0. The highest BCUT2D eigenvalue weighted by Gasteiger charge is 2.41. The van der Waals surface area contributed by atoms with Crippen LogP contribution in [-0.4, -0.2) is 66.9 Å². The third kappa shape index (κ3) is 2.22. The second kappa shape index (κ2) is 5.01. The van der Waals surface area contributed by atoms with E-state index in [0.717, 1.165) is 0 Å². The molecule has 4 atom stereocenters. The molecule has 6 nitrogen and oxygen atoms in total. The number of methoxy groups -OCH3 is 2. The van der Waals surface area contributed by atoms with Crippen LogP contribution >= 0.6 is 0 Å². The van der Waals surface area contributed by atoms with Gasteiger partial charge in [-0.3, -0.25) is 0 Å². The summed E-state index contributed by atoms with van der Waals surface area (Å²) < 4.78 is 14.9. The highest BCUT2D eigenvalue weighted by molar-refractivity contribution is 4.88. The van der Waals surface area contributed by atoms with Crippen molar-refractivity contribution >= 4 is 0 Å². The average molecular weight is 208 g/mol. The van der Waals surface area contributed by atoms with Crippen molar-refractivity contribution in [2.45, 2.75) is 30.7 Å². The first kappa shape index (κ1) is 11.8. The number of rotatable bonds is 3. The predicted molar refractivity (Wildman–Crippen MR) is 45.6 cm³/mol. The van der Waals surface area contributed by atoms with Gasteiger partial charge in [0.1, 0.15) is 24.4 Å². The Labute approximate surface area is 82.0 Å². The number of ether oxygens (including phenoxy) is 3. The number of aliphatic hydroxyl groups is 3. The second-order valence-electron chi connectivity index (χ2n) is 3.19. The SMILES string of the molecule is COC(OC)[C@@H]1OC[C@H](O)[C@H](O)[C@H]1O. The molecule has 1 aliphatic rings. The molecule has 1 saturated heterocycles. The van der Waals surface area contributed by atoms with Gasteiger partial charge in [0.15, 0.2) is 6.29 Å². The van der Waals surface area contributed by atoms with Gasteiger partial charge in [0.2, 0.25) is 0 Å². The quantitative estimate of drug-likeness (QED) is 0.469. The zero-order valence-electron chi connectivity index (χ0n) is 8.16. The van der Waals surface area contributed by atoms with Gasteiger partial charge < -0.3 is 29.5 Å². The molecule has 0 amide bonds. The van der Waals surface area contributed by atoms with Crippen LogP contribution in [0.25, 0.3) is 0 Å². The van der Waals surface area contributed by atoms with Crippen molar-refractivity contribution in [1.82, 2.24) is 0 Å². The molecule has 0 aromatic heterocycles. The Hall–Kier alpha value is -0.240. The first-order chi connectivity index (χ1) is 6.61. The van der Waals surface area contributed by atoms with Crippen LogP contribution < -0.4 is 0 Å². The van der Waals surface area contributed by atoms with Gasteiger partial charge in [-0.05, 0) is 0 Å². The lowest BCUT2D eigenvalue weighted by Crippen LogP contribution is -2.57. The lowest BCUT2D eigenvalue weighted by Gasteiger charge is -2.37. The minimum absolute atomic E-state index is 0.0495. The summed E-state index contributed by atoms with van der Waals surface area (Å²) in [7, 11) is 2.81. The van der Waals surface area contributed by atoms with Gasteiger partial charge in [-0.25, -0.2) is 0 Å². The maximum atomic E-state index is 9.55. The second-order valence-corrected chi connectivity index (χ2v) is 3.19. The molecule has 1 fully saturated rings. The maximum Gasteiger partial charge on any atom is 0.185 e. The fourth-order valence-electron chi connectivity index (χ4n) is 1.43. The topological polar surface area (TPSA) is 88.4 Å². The zero-order chi connectivity index (χ0) is 10.7. The van der Waals surface area contributed by atoms with Crippen molar-refractivity contribution in [3.8, 4) is 0 Å². The lowest BCUT2D eigenvalue weighted by atomic mass is 10.00. The van der Waals surface area contributed by atoms with Crippen LogP contribution in [0.1, 0.15) is 0 Å². The molecule has 6 heteroatoms. The van der Waals surface area contributed by atoms with Crippen molar-refractivity contribution in [2.75, 3.05) is 20.8 Å². The van der Waals surface area contributed by atoms with Crippen LogP contribution in [0.2, 0.25) is 0 Å². The fourth-order valence-corrected chi connectivity index (χ4v) is 1.43. The smallest absolute Gasteiger partial charge is 0.185 e. The minimum Gasteiger partial charge on any atom is -0.388 e. The summed E-state index contributed by atoms with van der Waals surface area (Å²) in [5.74, 6) is 0. The van der Waals surface area contributed by atoms with E-state index in [1.165, 1.54) is 14.2 Å². The van der Waals surface area contributed by atoms with Crippen LogP contribution in [0.5, 0.6) is 0 Å². The van der Waals surface area contributed by atoms with Gasteiger partial charge in [-0.2, -0.15) is 0 Å². The fraction of sp³-hybridized carbons (Fsp3) is 1.00. The molecule has 0 bridgehead atoms. The molecule has 0 unspecified atom stereocenters. The van der Waals surface area contributed by atoms with Gasteiger partial charge >= 0.3 is 0 Å². The maximum absolute atomic E-state index is 9.55. The van der Waals surface area contributed by atoms with E-state index in [1.54, 1.807) is 0 Å². The van der Waals surface area contributed by atoms with E-state index < -0.39 is 30.7 Å². The zero-order valence-corrected chi connectivity index (χ0v) is 8.16. The highest BCUT2D eigenvalue weighted by Crippen LogP contribution is 2.19. The van der Waals surface area contributed by atoms with Gasteiger partial charge in [0.05, 0.1) is 6.61 Å². The Kier molecular flexibility index (Phi) is 4.24. The molecule has 84 valence electrons. The Bertz CT molecular complexity index is 171. The Morgan fingerprint density at radius 1 is 1.14 bits per heavy atom. The molecule has 0 spiro atoms. The van der Waals surface area contributed by atoms with Gasteiger partial charge in [-0.15, -0.1) is 0 Å². The molecule has 3 N–H and O–H groups in total.